The largest absolute Gasteiger partial charge is 0.384 e. The maximum atomic E-state index is 14.6. The Balaban J connectivity index is 0.000000343. The summed E-state index contributed by atoms with van der Waals surface area (Å²) < 4.78 is 35.0. The fourth-order valence-corrected chi connectivity index (χ4v) is 5.73. The molecule has 226 valence electrons. The van der Waals surface area contributed by atoms with Crippen molar-refractivity contribution in [3.63, 3.8) is 0 Å². The van der Waals surface area contributed by atoms with E-state index in [0.29, 0.717) is 37.3 Å². The smallest absolute Gasteiger partial charge is 0.266 e. The van der Waals surface area contributed by atoms with Crippen LogP contribution in [0, 0.1) is 12.7 Å². The number of ether oxygens (including phenoxy) is 1. The third-order valence-corrected chi connectivity index (χ3v) is 8.72. The first-order chi connectivity index (χ1) is 20.2. The second-order valence-corrected chi connectivity index (χ2v) is 12.3. The van der Waals surface area contributed by atoms with Gasteiger partial charge in [-0.3, -0.25) is 23.8 Å². The molecule has 1 fully saturated rings. The maximum absolute atomic E-state index is 14.6. The van der Waals surface area contributed by atoms with E-state index in [4.69, 9.17) is 22.1 Å². The number of amides is 1. The molecule has 14 heteroatoms. The molecule has 1 aliphatic heterocycles. The number of carbonyl (C=O) groups excluding carboxylic acids is 1. The predicted molar refractivity (Wildman–Crippen MR) is 169 cm³/mol. The summed E-state index contributed by atoms with van der Waals surface area (Å²) in [4.78, 5) is 29.9. The average Bonchev–Trinajstić information content (AvgIpc) is 2.98. The summed E-state index contributed by atoms with van der Waals surface area (Å²) in [5, 5.41) is 3.83. The number of nitrogens with one attached hydrogen (secondary N) is 2. The van der Waals surface area contributed by atoms with Crippen LogP contribution in [0.3, 0.4) is 0 Å². The Hall–Kier alpha value is -3.07. The summed E-state index contributed by atoms with van der Waals surface area (Å²) in [7, 11) is -1.56. The van der Waals surface area contributed by atoms with Crippen LogP contribution in [0.4, 0.5) is 10.1 Å². The molecule has 10 nitrogen and oxygen atoms in total. The Morgan fingerprint density at radius 3 is 2.67 bits per heavy atom. The van der Waals surface area contributed by atoms with Gasteiger partial charge < -0.3 is 15.8 Å². The van der Waals surface area contributed by atoms with E-state index >= 15 is 0 Å². The molecule has 2 heterocycles. The van der Waals surface area contributed by atoms with Gasteiger partial charge in [-0.25, -0.2) is 13.6 Å². The number of hydrogen-bond donors (Lipinski definition) is 3. The summed E-state index contributed by atoms with van der Waals surface area (Å²) in [6.07, 6.45) is 2.00. The van der Waals surface area contributed by atoms with Crippen molar-refractivity contribution in [3.05, 3.63) is 85.2 Å². The molecule has 4 rings (SSSR count). The zero-order chi connectivity index (χ0) is 30.6. The topological polar surface area (TPSA) is 132 Å². The highest BCUT2D eigenvalue weighted by Crippen LogP contribution is 2.28. The zero-order valence-corrected chi connectivity index (χ0v) is 25.8. The summed E-state index contributed by atoms with van der Waals surface area (Å²) in [5.74, 6) is -0.0666. The molecule has 2 aromatic carbocycles. The first-order valence-electron chi connectivity index (χ1n) is 13.0. The number of halogens is 2. The van der Waals surface area contributed by atoms with Crippen molar-refractivity contribution in [2.45, 2.75) is 20.4 Å². The Kier molecular flexibility index (Phi) is 13.2. The number of thioether (sulfide) groups is 1. The van der Waals surface area contributed by atoms with Crippen molar-refractivity contribution in [2.75, 3.05) is 44.7 Å². The molecule has 0 radical (unpaired) electrons. The number of nitrogens with two attached hydrogens (primary N) is 1. The molecular weight excluding hydrogens is 603 g/mol. The second-order valence-electron chi connectivity index (χ2n) is 8.97. The number of hydrogen-bond acceptors (Lipinski definition) is 9. The first kappa shape index (κ1) is 33.4. The van der Waals surface area contributed by atoms with E-state index in [1.165, 1.54) is 10.6 Å². The van der Waals surface area contributed by atoms with Crippen LogP contribution in [0.5, 0.6) is 0 Å². The van der Waals surface area contributed by atoms with E-state index in [0.717, 1.165) is 56.8 Å². The Bertz CT molecular complexity index is 1530. The lowest BCUT2D eigenvalue weighted by Crippen LogP contribution is -2.39. The molecule has 1 atom stereocenters. The Morgan fingerprint density at radius 2 is 2.02 bits per heavy atom. The molecule has 3 aromatic rings. The lowest BCUT2D eigenvalue weighted by atomic mass is 10.1. The average molecular weight is 637 g/mol. The van der Waals surface area contributed by atoms with Gasteiger partial charge in [0.2, 0.25) is 6.41 Å². The number of benzene rings is 2. The lowest BCUT2D eigenvalue weighted by Gasteiger charge is -2.26. The molecule has 0 aliphatic carbocycles. The minimum atomic E-state index is -1.56. The summed E-state index contributed by atoms with van der Waals surface area (Å²) >= 11 is 6.68. The number of allylic oxidation sites excluding steroid dienone is 1. The van der Waals surface area contributed by atoms with Gasteiger partial charge in [0.05, 0.1) is 38.4 Å². The first-order valence-corrected chi connectivity index (χ1v) is 15.4. The van der Waals surface area contributed by atoms with Crippen molar-refractivity contribution in [2.24, 2.45) is 5.73 Å². The number of anilines is 1. The molecule has 1 saturated heterocycles. The fourth-order valence-electron chi connectivity index (χ4n) is 4.05. The van der Waals surface area contributed by atoms with Crippen molar-refractivity contribution in [1.82, 2.24) is 19.2 Å². The number of aromatic nitrogens is 2. The molecule has 1 aliphatic rings. The van der Waals surface area contributed by atoms with Gasteiger partial charge in [-0.05, 0) is 49.7 Å². The Morgan fingerprint density at radius 1 is 1.29 bits per heavy atom. The molecule has 0 saturated carbocycles. The van der Waals surface area contributed by atoms with Crippen molar-refractivity contribution < 1.29 is 18.1 Å². The van der Waals surface area contributed by atoms with Gasteiger partial charge >= 0.3 is 0 Å². The van der Waals surface area contributed by atoms with Crippen LogP contribution in [0.25, 0.3) is 16.6 Å². The molecule has 42 heavy (non-hydrogen) atoms. The summed E-state index contributed by atoms with van der Waals surface area (Å²) in [6.45, 7) is 12.3. The molecule has 1 unspecified atom stereocenters. The fraction of sp³-hybridized carbons (Fsp3) is 0.321. The number of fused-ring (bicyclic) bond motifs is 1. The monoisotopic (exact) mass is 636 g/mol. The highest BCUT2D eigenvalue weighted by atomic mass is 35.5. The molecular formula is C28H34ClFN6O4S2. The number of nitrogens with zero attached hydrogens (tertiary/aromatic N) is 3. The summed E-state index contributed by atoms with van der Waals surface area (Å²) in [6, 6.07) is 10.1. The highest BCUT2D eigenvalue weighted by Gasteiger charge is 2.15. The molecule has 1 aromatic heterocycles. The van der Waals surface area contributed by atoms with Gasteiger partial charge in [0, 0.05) is 38.4 Å². The van der Waals surface area contributed by atoms with Crippen LogP contribution in [-0.4, -0.2) is 64.5 Å². The summed E-state index contributed by atoms with van der Waals surface area (Å²) in [5.41, 5.74) is 7.61. The quantitative estimate of drug-likeness (QED) is 0.269. The normalized spacial score (nSPS) is 14.5. The number of morpholine rings is 1. The van der Waals surface area contributed by atoms with Gasteiger partial charge in [-0.1, -0.05) is 42.1 Å². The van der Waals surface area contributed by atoms with Crippen LogP contribution in [0.15, 0.2) is 62.4 Å². The third-order valence-electron chi connectivity index (χ3n) is 6.19. The van der Waals surface area contributed by atoms with Crippen LogP contribution < -0.4 is 21.3 Å². The van der Waals surface area contributed by atoms with E-state index in [9.17, 15) is 18.2 Å². The van der Waals surface area contributed by atoms with E-state index in [1.807, 2.05) is 12.1 Å². The Labute approximate surface area is 255 Å². The standard InChI is InChI=1S/C22H26FN5O2.C6H8ClNO2S2/c1-15-26-20-13-17(25-6-7-27-8-10-30-11-9-27)3-4-18(20)22(29)28(15)21-5-2-16(14-24)12-19(21)23;1-3-6(7)11-5(2)12(10)8-4-9/h2-5,12-13,25H,6-11,14,24H2,1H3;3-4H,2H2,1H3,(H,8,9)/b;6-3-. The third kappa shape index (κ3) is 9.21. The van der Waals surface area contributed by atoms with Crippen LogP contribution in [0.1, 0.15) is 18.3 Å². The van der Waals surface area contributed by atoms with E-state index in [2.05, 4.69) is 26.5 Å². The SMILES string of the molecule is C=C(S/C(Cl)=C\C)S(=O)NC=O.Cc1nc2cc(NCCN3CCOCC3)ccc2c(=O)n1-c1ccc(CN)cc1F. The van der Waals surface area contributed by atoms with Crippen LogP contribution in [0.2, 0.25) is 0 Å². The molecule has 0 spiro atoms. The van der Waals surface area contributed by atoms with Crippen molar-refractivity contribution >= 4 is 57.3 Å². The predicted octanol–water partition coefficient (Wildman–Crippen LogP) is 3.74. The highest BCUT2D eigenvalue weighted by molar-refractivity contribution is 8.19. The minimum Gasteiger partial charge on any atom is -0.384 e. The van der Waals surface area contributed by atoms with Crippen LogP contribution in [-0.2, 0) is 27.1 Å². The molecule has 0 bridgehead atoms. The number of carbonyl (C=O) groups is 1. The van der Waals surface area contributed by atoms with Gasteiger partial charge in [0.25, 0.3) is 5.56 Å². The van der Waals surface area contributed by atoms with E-state index in [-0.39, 0.29) is 17.8 Å². The van der Waals surface area contributed by atoms with Gasteiger partial charge in [0.15, 0.2) is 11.0 Å². The van der Waals surface area contributed by atoms with Gasteiger partial charge in [-0.2, -0.15) is 0 Å². The number of aryl methyl sites for hydroxylation is 1. The maximum Gasteiger partial charge on any atom is 0.266 e. The van der Waals surface area contributed by atoms with Crippen LogP contribution >= 0.6 is 23.4 Å². The lowest BCUT2D eigenvalue weighted by molar-refractivity contribution is -0.108. The molecule has 1 amide bonds. The zero-order valence-electron chi connectivity index (χ0n) is 23.4. The second kappa shape index (κ2) is 16.5. The number of rotatable bonds is 11. The van der Waals surface area contributed by atoms with Crippen molar-refractivity contribution in [3.8, 4) is 5.69 Å². The van der Waals surface area contributed by atoms with E-state index < -0.39 is 16.8 Å². The minimum absolute atomic E-state index is 0.178. The van der Waals surface area contributed by atoms with Gasteiger partial charge in [0.1, 0.15) is 11.6 Å². The van der Waals surface area contributed by atoms with E-state index in [1.54, 1.807) is 38.1 Å². The molecule has 4 N–H and O–H groups in total. The van der Waals surface area contributed by atoms with Gasteiger partial charge in [-0.15, -0.1) is 0 Å². The van der Waals surface area contributed by atoms with Crippen molar-refractivity contribution in [1.29, 1.82) is 0 Å².